The summed E-state index contributed by atoms with van der Waals surface area (Å²) in [6, 6.07) is 0. The highest BCUT2D eigenvalue weighted by Crippen LogP contribution is 2.22. The van der Waals surface area contributed by atoms with Crippen LogP contribution in [-0.4, -0.2) is 22.6 Å². The van der Waals surface area contributed by atoms with Crippen LogP contribution in [0.3, 0.4) is 0 Å². The number of carboxylic acid groups (broad SMARTS) is 1. The molecule has 0 aromatic carbocycles. The Kier molecular flexibility index (Phi) is 2.51. The number of allylic oxidation sites excluding steroid dienone is 2. The largest absolute Gasteiger partial charge is 0.478 e. The molecule has 4 heteroatoms. The molecule has 1 aliphatic carbocycles. The highest BCUT2D eigenvalue weighted by molar-refractivity contribution is 5.84. The molecule has 0 saturated carbocycles. The molecular formula is C9H10O4. The zero-order valence-corrected chi connectivity index (χ0v) is 7.19. The Morgan fingerprint density at radius 3 is 2.54 bits per heavy atom. The van der Waals surface area contributed by atoms with Crippen LogP contribution < -0.4 is 0 Å². The van der Waals surface area contributed by atoms with Crippen molar-refractivity contribution in [2.75, 3.05) is 0 Å². The number of hydrogen-bond donors (Lipinski definition) is 1. The summed E-state index contributed by atoms with van der Waals surface area (Å²) in [7, 11) is 0. The fourth-order valence-corrected chi connectivity index (χ4v) is 1.14. The maximum Gasteiger partial charge on any atom is 0.352 e. The van der Waals surface area contributed by atoms with Crippen LogP contribution in [0.5, 0.6) is 0 Å². The Morgan fingerprint density at radius 1 is 1.46 bits per heavy atom. The van der Waals surface area contributed by atoms with Crippen molar-refractivity contribution >= 4 is 11.9 Å². The van der Waals surface area contributed by atoms with Gasteiger partial charge in [0.15, 0.2) is 0 Å². The van der Waals surface area contributed by atoms with Crippen molar-refractivity contribution in [1.29, 1.82) is 0 Å². The Balaban J connectivity index is 2.88. The second-order valence-corrected chi connectivity index (χ2v) is 2.78. The highest BCUT2D eigenvalue weighted by atomic mass is 16.6. The molecule has 1 rings (SSSR count). The molecule has 0 radical (unpaired) electrons. The van der Waals surface area contributed by atoms with Gasteiger partial charge in [-0.1, -0.05) is 18.2 Å². The van der Waals surface area contributed by atoms with E-state index in [0.29, 0.717) is 0 Å². The van der Waals surface area contributed by atoms with E-state index in [1.165, 1.54) is 13.0 Å². The van der Waals surface area contributed by atoms with Gasteiger partial charge in [0.2, 0.25) is 5.60 Å². The van der Waals surface area contributed by atoms with Crippen LogP contribution in [0.25, 0.3) is 0 Å². The van der Waals surface area contributed by atoms with Crippen molar-refractivity contribution in [3.63, 3.8) is 0 Å². The Morgan fingerprint density at radius 2 is 2.15 bits per heavy atom. The molecule has 1 atom stereocenters. The molecule has 0 fully saturated rings. The third-order valence-corrected chi connectivity index (χ3v) is 1.72. The average molecular weight is 182 g/mol. The van der Waals surface area contributed by atoms with Gasteiger partial charge >= 0.3 is 11.9 Å². The molecule has 0 heterocycles. The quantitative estimate of drug-likeness (QED) is 0.644. The number of rotatable bonds is 2. The molecule has 0 amide bonds. The van der Waals surface area contributed by atoms with Crippen molar-refractivity contribution in [2.45, 2.75) is 18.9 Å². The molecule has 0 spiro atoms. The summed E-state index contributed by atoms with van der Waals surface area (Å²) in [4.78, 5) is 21.5. The molecule has 0 aromatic rings. The third-order valence-electron chi connectivity index (χ3n) is 1.72. The lowest BCUT2D eigenvalue weighted by molar-refractivity contribution is -0.171. The average Bonchev–Trinajstić information content (AvgIpc) is 2.04. The van der Waals surface area contributed by atoms with Gasteiger partial charge in [-0.25, -0.2) is 4.79 Å². The molecule has 0 saturated heterocycles. The molecule has 4 nitrogen and oxygen atoms in total. The maximum atomic E-state index is 10.8. The van der Waals surface area contributed by atoms with Gasteiger partial charge in [0, 0.05) is 13.3 Å². The minimum Gasteiger partial charge on any atom is -0.478 e. The van der Waals surface area contributed by atoms with Crippen molar-refractivity contribution in [2.24, 2.45) is 0 Å². The van der Waals surface area contributed by atoms with Gasteiger partial charge in [0.25, 0.3) is 0 Å². The smallest absolute Gasteiger partial charge is 0.352 e. The van der Waals surface area contributed by atoms with E-state index in [-0.39, 0.29) is 6.42 Å². The minimum absolute atomic E-state index is 0.179. The summed E-state index contributed by atoms with van der Waals surface area (Å²) in [5.74, 6) is -1.74. The number of hydrogen-bond acceptors (Lipinski definition) is 3. The fraction of sp³-hybridized carbons (Fsp3) is 0.333. The second-order valence-electron chi connectivity index (χ2n) is 2.78. The van der Waals surface area contributed by atoms with E-state index in [1.54, 1.807) is 18.2 Å². The first-order valence-corrected chi connectivity index (χ1v) is 3.84. The van der Waals surface area contributed by atoms with E-state index >= 15 is 0 Å². The van der Waals surface area contributed by atoms with Crippen molar-refractivity contribution in [1.82, 2.24) is 0 Å². The SMILES string of the molecule is CC(=O)OC1(C(=O)O)C=CC=CC1. The first-order chi connectivity index (χ1) is 6.07. The molecule has 1 aliphatic rings. The lowest BCUT2D eigenvalue weighted by atomic mass is 9.95. The summed E-state index contributed by atoms with van der Waals surface area (Å²) in [5, 5.41) is 8.88. The van der Waals surface area contributed by atoms with Crippen LogP contribution in [0.15, 0.2) is 24.3 Å². The molecule has 0 aliphatic heterocycles. The number of carbonyl (C=O) groups is 2. The van der Waals surface area contributed by atoms with Gasteiger partial charge in [0.05, 0.1) is 0 Å². The van der Waals surface area contributed by atoms with E-state index in [1.807, 2.05) is 0 Å². The van der Waals surface area contributed by atoms with Gasteiger partial charge in [-0.15, -0.1) is 0 Å². The molecule has 70 valence electrons. The summed E-state index contributed by atoms with van der Waals surface area (Å²) in [6.45, 7) is 1.19. The summed E-state index contributed by atoms with van der Waals surface area (Å²) in [5.41, 5.74) is -1.50. The zero-order chi connectivity index (χ0) is 9.90. The molecular weight excluding hydrogens is 172 g/mol. The van der Waals surface area contributed by atoms with E-state index in [2.05, 4.69) is 0 Å². The second kappa shape index (κ2) is 3.43. The first-order valence-electron chi connectivity index (χ1n) is 3.84. The van der Waals surface area contributed by atoms with Crippen LogP contribution in [0.4, 0.5) is 0 Å². The number of carbonyl (C=O) groups excluding carboxylic acids is 1. The lowest BCUT2D eigenvalue weighted by Gasteiger charge is -2.25. The predicted molar refractivity (Wildman–Crippen MR) is 45.0 cm³/mol. The van der Waals surface area contributed by atoms with Gasteiger partial charge in [-0.3, -0.25) is 4.79 Å². The van der Waals surface area contributed by atoms with E-state index in [9.17, 15) is 9.59 Å². The Labute approximate surface area is 75.5 Å². The standard InChI is InChI=1S/C9H10O4/c1-7(10)13-9(8(11)12)5-3-2-4-6-9/h2-5H,6H2,1H3,(H,11,12). The zero-order valence-electron chi connectivity index (χ0n) is 7.19. The molecule has 0 aromatic heterocycles. The topological polar surface area (TPSA) is 63.6 Å². The van der Waals surface area contributed by atoms with Gasteiger partial charge in [-0.2, -0.15) is 0 Å². The maximum absolute atomic E-state index is 10.8. The molecule has 13 heavy (non-hydrogen) atoms. The fourth-order valence-electron chi connectivity index (χ4n) is 1.14. The van der Waals surface area contributed by atoms with E-state index in [4.69, 9.17) is 9.84 Å². The summed E-state index contributed by atoms with van der Waals surface area (Å²) >= 11 is 0. The molecule has 0 bridgehead atoms. The monoisotopic (exact) mass is 182 g/mol. The molecule has 1 N–H and O–H groups in total. The minimum atomic E-state index is -1.50. The van der Waals surface area contributed by atoms with Crippen LogP contribution in [-0.2, 0) is 14.3 Å². The normalized spacial score (nSPS) is 25.6. The van der Waals surface area contributed by atoms with E-state index in [0.717, 1.165) is 0 Å². The Hall–Kier alpha value is -1.58. The number of carboxylic acids is 1. The Bertz CT molecular complexity index is 290. The van der Waals surface area contributed by atoms with Crippen LogP contribution in [0, 0.1) is 0 Å². The van der Waals surface area contributed by atoms with Crippen LogP contribution >= 0.6 is 0 Å². The van der Waals surface area contributed by atoms with Gasteiger partial charge in [0.1, 0.15) is 0 Å². The molecule has 1 unspecified atom stereocenters. The highest BCUT2D eigenvalue weighted by Gasteiger charge is 2.39. The predicted octanol–water partition coefficient (Wildman–Crippen LogP) is 0.889. The first kappa shape index (κ1) is 9.51. The third kappa shape index (κ3) is 1.96. The van der Waals surface area contributed by atoms with Crippen molar-refractivity contribution in [3.05, 3.63) is 24.3 Å². The van der Waals surface area contributed by atoms with Crippen LogP contribution in [0.2, 0.25) is 0 Å². The van der Waals surface area contributed by atoms with Gasteiger partial charge < -0.3 is 9.84 Å². The number of ether oxygens (including phenoxy) is 1. The summed E-state index contributed by atoms with van der Waals surface area (Å²) in [6.07, 6.45) is 6.47. The van der Waals surface area contributed by atoms with Crippen LogP contribution in [0.1, 0.15) is 13.3 Å². The lowest BCUT2D eigenvalue weighted by Crippen LogP contribution is -2.41. The van der Waals surface area contributed by atoms with E-state index < -0.39 is 17.5 Å². The van der Waals surface area contributed by atoms with Gasteiger partial charge in [-0.05, 0) is 6.08 Å². The van der Waals surface area contributed by atoms with Crippen molar-refractivity contribution in [3.8, 4) is 0 Å². The van der Waals surface area contributed by atoms with Crippen molar-refractivity contribution < 1.29 is 19.4 Å². The number of aliphatic carboxylic acids is 1. The number of esters is 1. The summed E-state index contributed by atoms with van der Waals surface area (Å²) < 4.78 is 4.76.